The highest BCUT2D eigenvalue weighted by Crippen LogP contribution is 2.15. The van der Waals surface area contributed by atoms with E-state index in [9.17, 15) is 0 Å². The summed E-state index contributed by atoms with van der Waals surface area (Å²) in [5.41, 5.74) is 6.33. The van der Waals surface area contributed by atoms with Crippen LogP contribution in [0.2, 0.25) is 0 Å². The predicted molar refractivity (Wildman–Crippen MR) is 82.0 cm³/mol. The van der Waals surface area contributed by atoms with Crippen LogP contribution in [0.4, 0.5) is 5.82 Å². The van der Waals surface area contributed by atoms with E-state index in [0.29, 0.717) is 22.5 Å². The van der Waals surface area contributed by atoms with Crippen molar-refractivity contribution in [2.45, 2.75) is 27.7 Å². The van der Waals surface area contributed by atoms with E-state index < -0.39 is 0 Å². The number of aromatic nitrogens is 1. The Hall–Kier alpha value is -1.16. The van der Waals surface area contributed by atoms with Gasteiger partial charge in [-0.1, -0.05) is 46.0 Å². The number of hydrogen-bond donors (Lipinski definition) is 1. The van der Waals surface area contributed by atoms with Gasteiger partial charge in [-0.3, -0.25) is 0 Å². The predicted octanol–water partition coefficient (Wildman–Crippen LogP) is 2.83. The van der Waals surface area contributed by atoms with E-state index in [4.69, 9.17) is 18.0 Å². The lowest BCUT2D eigenvalue weighted by Gasteiger charge is -2.27. The van der Waals surface area contributed by atoms with Gasteiger partial charge in [-0.2, -0.15) is 0 Å². The minimum absolute atomic E-state index is 0.353. The Balaban J connectivity index is 2.96. The maximum Gasteiger partial charge on any atom is 0.129 e. The van der Waals surface area contributed by atoms with Gasteiger partial charge in [-0.15, -0.1) is 0 Å². The Morgan fingerprint density at radius 2 is 1.78 bits per heavy atom. The van der Waals surface area contributed by atoms with Gasteiger partial charge in [0.25, 0.3) is 0 Å². The summed E-state index contributed by atoms with van der Waals surface area (Å²) in [7, 11) is 0. The Labute approximate surface area is 115 Å². The zero-order chi connectivity index (χ0) is 13.7. The average Bonchev–Trinajstić information content (AvgIpc) is 2.27. The van der Waals surface area contributed by atoms with Gasteiger partial charge in [-0.25, -0.2) is 4.98 Å². The van der Waals surface area contributed by atoms with Crippen LogP contribution in [0, 0.1) is 11.8 Å². The summed E-state index contributed by atoms with van der Waals surface area (Å²) in [6.45, 7) is 10.8. The van der Waals surface area contributed by atoms with Crippen molar-refractivity contribution in [3.05, 3.63) is 23.9 Å². The molecule has 4 heteroatoms. The van der Waals surface area contributed by atoms with Gasteiger partial charge in [0.05, 0.1) is 5.69 Å². The molecule has 1 aromatic heterocycles. The van der Waals surface area contributed by atoms with Gasteiger partial charge in [0, 0.05) is 13.1 Å². The molecule has 1 aromatic rings. The highest BCUT2D eigenvalue weighted by molar-refractivity contribution is 7.80. The second-order valence-corrected chi connectivity index (χ2v) is 5.88. The number of hydrogen-bond acceptors (Lipinski definition) is 3. The zero-order valence-corrected chi connectivity index (χ0v) is 12.5. The van der Waals surface area contributed by atoms with Crippen LogP contribution in [0.15, 0.2) is 18.2 Å². The van der Waals surface area contributed by atoms with E-state index >= 15 is 0 Å². The summed E-state index contributed by atoms with van der Waals surface area (Å²) in [5, 5.41) is 0. The maximum atomic E-state index is 5.64. The van der Waals surface area contributed by atoms with Crippen LogP contribution in [-0.4, -0.2) is 23.1 Å². The molecule has 0 aliphatic rings. The van der Waals surface area contributed by atoms with Crippen molar-refractivity contribution >= 4 is 23.0 Å². The summed E-state index contributed by atoms with van der Waals surface area (Å²) in [6.07, 6.45) is 0. The Morgan fingerprint density at radius 3 is 2.22 bits per heavy atom. The second kappa shape index (κ2) is 6.69. The van der Waals surface area contributed by atoms with Gasteiger partial charge >= 0.3 is 0 Å². The monoisotopic (exact) mass is 265 g/mol. The fraction of sp³-hybridized carbons (Fsp3) is 0.571. The van der Waals surface area contributed by atoms with Gasteiger partial charge in [-0.05, 0) is 24.0 Å². The van der Waals surface area contributed by atoms with Crippen LogP contribution >= 0.6 is 12.2 Å². The highest BCUT2D eigenvalue weighted by Gasteiger charge is 2.12. The molecule has 0 aliphatic carbocycles. The molecule has 2 N–H and O–H groups in total. The van der Waals surface area contributed by atoms with E-state index in [0.717, 1.165) is 18.9 Å². The summed E-state index contributed by atoms with van der Waals surface area (Å²) >= 11 is 4.98. The molecule has 0 bridgehead atoms. The number of nitrogens with zero attached hydrogens (tertiary/aromatic N) is 2. The number of nitrogens with two attached hydrogens (primary N) is 1. The third-order valence-corrected chi connectivity index (χ3v) is 2.69. The van der Waals surface area contributed by atoms with Gasteiger partial charge in [0.1, 0.15) is 10.8 Å². The van der Waals surface area contributed by atoms with E-state index in [2.05, 4.69) is 37.6 Å². The molecule has 1 heterocycles. The van der Waals surface area contributed by atoms with Crippen LogP contribution in [-0.2, 0) is 0 Å². The largest absolute Gasteiger partial charge is 0.388 e. The lowest BCUT2D eigenvalue weighted by atomic mass is 10.1. The topological polar surface area (TPSA) is 42.1 Å². The molecule has 0 saturated carbocycles. The van der Waals surface area contributed by atoms with Crippen LogP contribution in [0.5, 0.6) is 0 Å². The van der Waals surface area contributed by atoms with Crippen molar-refractivity contribution < 1.29 is 0 Å². The first-order valence-electron chi connectivity index (χ1n) is 6.42. The van der Waals surface area contributed by atoms with Crippen molar-refractivity contribution in [2.24, 2.45) is 17.6 Å². The molecule has 0 atom stereocenters. The second-order valence-electron chi connectivity index (χ2n) is 5.44. The van der Waals surface area contributed by atoms with Crippen LogP contribution in [0.3, 0.4) is 0 Å². The van der Waals surface area contributed by atoms with Crippen molar-refractivity contribution in [2.75, 3.05) is 18.0 Å². The van der Waals surface area contributed by atoms with Crippen molar-refractivity contribution in [3.63, 3.8) is 0 Å². The maximum absolute atomic E-state index is 5.64. The molecule has 0 fully saturated rings. The molecule has 0 aromatic carbocycles. The fourth-order valence-corrected chi connectivity index (χ4v) is 1.99. The molecule has 0 spiro atoms. The highest BCUT2D eigenvalue weighted by atomic mass is 32.1. The third kappa shape index (κ3) is 4.61. The minimum Gasteiger partial charge on any atom is -0.388 e. The summed E-state index contributed by atoms with van der Waals surface area (Å²) in [4.78, 5) is 7.19. The lowest BCUT2D eigenvalue weighted by molar-refractivity contribution is 0.549. The molecule has 0 radical (unpaired) electrons. The van der Waals surface area contributed by atoms with Crippen LogP contribution in [0.25, 0.3) is 0 Å². The molecule has 0 saturated heterocycles. The molecule has 100 valence electrons. The average molecular weight is 265 g/mol. The minimum atomic E-state index is 0.353. The SMILES string of the molecule is CC(C)CN(CC(C)C)c1cccc(C(N)=S)n1. The molecule has 0 aliphatic heterocycles. The fourth-order valence-electron chi connectivity index (χ4n) is 1.88. The van der Waals surface area contributed by atoms with E-state index in [1.807, 2.05) is 18.2 Å². The molecule has 0 unspecified atom stereocenters. The number of rotatable bonds is 6. The molecule has 0 amide bonds. The summed E-state index contributed by atoms with van der Waals surface area (Å²) < 4.78 is 0. The third-order valence-electron chi connectivity index (χ3n) is 2.48. The molecule has 3 nitrogen and oxygen atoms in total. The molecule has 1 rings (SSSR count). The smallest absolute Gasteiger partial charge is 0.129 e. The van der Waals surface area contributed by atoms with E-state index in [1.54, 1.807) is 0 Å². The van der Waals surface area contributed by atoms with Crippen molar-refractivity contribution in [3.8, 4) is 0 Å². The molecule has 18 heavy (non-hydrogen) atoms. The number of pyridine rings is 1. The Bertz CT molecular complexity index is 392. The quantitative estimate of drug-likeness (QED) is 0.803. The Kier molecular flexibility index (Phi) is 5.54. The first kappa shape index (κ1) is 14.9. The molecular formula is C14H23N3S. The van der Waals surface area contributed by atoms with Gasteiger partial charge in [0.2, 0.25) is 0 Å². The first-order valence-corrected chi connectivity index (χ1v) is 6.82. The van der Waals surface area contributed by atoms with Gasteiger partial charge < -0.3 is 10.6 Å². The standard InChI is InChI=1S/C14H23N3S/c1-10(2)8-17(9-11(3)4)13-7-5-6-12(16-13)14(15)18/h5-7,10-11H,8-9H2,1-4H3,(H2,15,18). The Morgan fingerprint density at radius 1 is 1.22 bits per heavy atom. The van der Waals surface area contributed by atoms with Crippen LogP contribution in [0.1, 0.15) is 33.4 Å². The van der Waals surface area contributed by atoms with E-state index in [-0.39, 0.29) is 0 Å². The normalized spacial score (nSPS) is 11.0. The zero-order valence-electron chi connectivity index (χ0n) is 11.7. The molecular weight excluding hydrogens is 242 g/mol. The summed E-state index contributed by atoms with van der Waals surface area (Å²) in [5.74, 6) is 2.15. The van der Waals surface area contributed by atoms with Crippen molar-refractivity contribution in [1.82, 2.24) is 4.98 Å². The lowest BCUT2D eigenvalue weighted by Crippen LogP contribution is -2.32. The summed E-state index contributed by atoms with van der Waals surface area (Å²) in [6, 6.07) is 5.84. The number of anilines is 1. The first-order chi connectivity index (χ1) is 8.40. The van der Waals surface area contributed by atoms with E-state index in [1.165, 1.54) is 0 Å². The van der Waals surface area contributed by atoms with Crippen LogP contribution < -0.4 is 10.6 Å². The van der Waals surface area contributed by atoms with Gasteiger partial charge in [0.15, 0.2) is 0 Å². The van der Waals surface area contributed by atoms with Crippen molar-refractivity contribution in [1.29, 1.82) is 0 Å². The number of thiocarbonyl (C=S) groups is 1.